The molecular formula is C22H35N3O4S. The second-order valence-corrected chi connectivity index (χ2v) is 8.24. The molecule has 30 heavy (non-hydrogen) atoms. The molecular weight excluding hydrogens is 402 g/mol. The zero-order valence-electron chi connectivity index (χ0n) is 18.0. The number of thiol groups is 1. The highest BCUT2D eigenvalue weighted by molar-refractivity contribution is 7.80. The Morgan fingerprint density at radius 3 is 2.73 bits per heavy atom. The smallest absolute Gasteiger partial charge is 0.349 e. The average Bonchev–Trinajstić information content (AvgIpc) is 3.14. The molecule has 1 fully saturated rings. The van der Waals surface area contributed by atoms with Gasteiger partial charge in [-0.2, -0.15) is 17.7 Å². The van der Waals surface area contributed by atoms with E-state index in [1.54, 1.807) is 0 Å². The van der Waals surface area contributed by atoms with Crippen molar-refractivity contribution < 1.29 is 19.2 Å². The predicted octanol–water partition coefficient (Wildman–Crippen LogP) is 2.31. The van der Waals surface area contributed by atoms with Crippen LogP contribution in [-0.4, -0.2) is 54.2 Å². The van der Waals surface area contributed by atoms with Crippen molar-refractivity contribution in [3.8, 4) is 0 Å². The number of rotatable bonds is 13. The monoisotopic (exact) mass is 437 g/mol. The number of esters is 1. The summed E-state index contributed by atoms with van der Waals surface area (Å²) in [5.41, 5.74) is 5.69. The second-order valence-electron chi connectivity index (χ2n) is 7.88. The highest BCUT2D eigenvalue weighted by Gasteiger charge is 2.52. The number of nitrogens with one attached hydrogen (secondary N) is 1. The first kappa shape index (κ1) is 24.7. The van der Waals surface area contributed by atoms with Gasteiger partial charge in [-0.05, 0) is 24.3 Å². The van der Waals surface area contributed by atoms with Gasteiger partial charge >= 0.3 is 5.97 Å². The number of aryl methyl sites for hydroxylation is 1. The summed E-state index contributed by atoms with van der Waals surface area (Å²) in [4.78, 5) is 31.9. The minimum absolute atomic E-state index is 0.221. The van der Waals surface area contributed by atoms with Crippen molar-refractivity contribution in [3.05, 3.63) is 35.9 Å². The number of carbonyl (C=O) groups excluding carboxylic acids is 2. The summed E-state index contributed by atoms with van der Waals surface area (Å²) in [5.74, 6) is 0.150. The lowest BCUT2D eigenvalue weighted by atomic mass is 10.1. The molecule has 0 radical (unpaired) electrons. The number of carbonyl (C=O) groups is 2. The number of cyclic esters (lactones) is 1. The van der Waals surface area contributed by atoms with E-state index in [1.807, 2.05) is 30.3 Å². The molecule has 3 atom stereocenters. The van der Waals surface area contributed by atoms with Crippen LogP contribution in [0.25, 0.3) is 0 Å². The number of ether oxygens (including phenoxy) is 1. The number of hydrogen-bond acceptors (Lipinski definition) is 7. The first-order valence-electron chi connectivity index (χ1n) is 10.7. The van der Waals surface area contributed by atoms with Gasteiger partial charge in [0.25, 0.3) is 0 Å². The van der Waals surface area contributed by atoms with Crippen LogP contribution in [-0.2, 0) is 25.6 Å². The third-order valence-corrected chi connectivity index (χ3v) is 5.97. The van der Waals surface area contributed by atoms with Gasteiger partial charge in [-0.15, -0.1) is 0 Å². The van der Waals surface area contributed by atoms with Gasteiger partial charge in [0, 0.05) is 31.2 Å². The van der Waals surface area contributed by atoms with Crippen LogP contribution >= 0.6 is 12.6 Å². The number of nitrogens with zero attached hydrogens (tertiary/aromatic N) is 1. The van der Waals surface area contributed by atoms with Crippen molar-refractivity contribution in [3.63, 3.8) is 0 Å². The molecule has 0 saturated carbocycles. The van der Waals surface area contributed by atoms with Crippen molar-refractivity contribution in [2.75, 3.05) is 25.5 Å². The summed E-state index contributed by atoms with van der Waals surface area (Å²) in [6.07, 6.45) is 2.91. The molecule has 1 saturated heterocycles. The third kappa shape index (κ3) is 6.70. The van der Waals surface area contributed by atoms with Gasteiger partial charge < -0.3 is 10.5 Å². The lowest BCUT2D eigenvalue weighted by molar-refractivity contribution is -0.230. The first-order valence-corrected chi connectivity index (χ1v) is 11.3. The molecule has 2 rings (SSSR count). The van der Waals surface area contributed by atoms with Crippen molar-refractivity contribution in [1.82, 2.24) is 10.4 Å². The topological polar surface area (TPSA) is 93.9 Å². The fourth-order valence-corrected chi connectivity index (χ4v) is 3.37. The number of benzene rings is 1. The zero-order chi connectivity index (χ0) is 22.0. The van der Waals surface area contributed by atoms with Crippen molar-refractivity contribution in [1.29, 1.82) is 0 Å². The van der Waals surface area contributed by atoms with E-state index in [0.717, 1.165) is 18.4 Å². The lowest BCUT2D eigenvalue weighted by Gasteiger charge is -2.38. The van der Waals surface area contributed by atoms with E-state index in [1.165, 1.54) is 5.06 Å². The van der Waals surface area contributed by atoms with Gasteiger partial charge in [-0.1, -0.05) is 50.6 Å². The summed E-state index contributed by atoms with van der Waals surface area (Å²) in [6.45, 7) is 5.13. The molecule has 1 aromatic rings. The Kier molecular flexibility index (Phi) is 10.1. The van der Waals surface area contributed by atoms with E-state index in [-0.39, 0.29) is 25.0 Å². The van der Waals surface area contributed by atoms with Crippen molar-refractivity contribution in [2.24, 2.45) is 11.7 Å². The lowest BCUT2D eigenvalue weighted by Crippen LogP contribution is -2.65. The first-order chi connectivity index (χ1) is 14.4. The van der Waals surface area contributed by atoms with Gasteiger partial charge in [-0.3, -0.25) is 14.9 Å². The Morgan fingerprint density at radius 1 is 1.40 bits per heavy atom. The van der Waals surface area contributed by atoms with E-state index < -0.39 is 11.6 Å². The molecule has 0 aliphatic carbocycles. The minimum Gasteiger partial charge on any atom is -0.463 e. The number of hydroxylamine groups is 2. The number of nitrogens with two attached hydrogens (primary N) is 1. The zero-order valence-corrected chi connectivity index (χ0v) is 18.9. The summed E-state index contributed by atoms with van der Waals surface area (Å²) < 4.78 is 5.24. The fourth-order valence-electron chi connectivity index (χ4n) is 3.24. The largest absolute Gasteiger partial charge is 0.463 e. The van der Waals surface area contributed by atoms with E-state index >= 15 is 0 Å². The van der Waals surface area contributed by atoms with Crippen LogP contribution in [0.4, 0.5) is 0 Å². The van der Waals surface area contributed by atoms with E-state index in [2.05, 4.69) is 31.8 Å². The number of hydrogen-bond donors (Lipinski definition) is 3. The maximum atomic E-state index is 13.2. The molecule has 0 aromatic heterocycles. The molecule has 1 amide bonds. The summed E-state index contributed by atoms with van der Waals surface area (Å²) in [6, 6.07) is 9.51. The molecule has 1 heterocycles. The predicted molar refractivity (Wildman–Crippen MR) is 120 cm³/mol. The quantitative estimate of drug-likeness (QED) is 0.190. The minimum atomic E-state index is -1.36. The van der Waals surface area contributed by atoms with Crippen LogP contribution in [0.5, 0.6) is 0 Å². The molecule has 3 N–H and O–H groups in total. The molecule has 0 bridgehead atoms. The van der Waals surface area contributed by atoms with Gasteiger partial charge in [0.2, 0.25) is 11.6 Å². The maximum Gasteiger partial charge on any atom is 0.349 e. The van der Waals surface area contributed by atoms with Crippen LogP contribution in [0.1, 0.15) is 45.1 Å². The third-order valence-electron chi connectivity index (χ3n) is 5.50. The van der Waals surface area contributed by atoms with Gasteiger partial charge in [-0.25, -0.2) is 4.79 Å². The normalized spacial score (nSPS) is 20.6. The van der Waals surface area contributed by atoms with Crippen LogP contribution in [0.2, 0.25) is 0 Å². The molecule has 1 aliphatic rings. The molecule has 1 unspecified atom stereocenters. The Bertz CT molecular complexity index is 676. The van der Waals surface area contributed by atoms with Gasteiger partial charge in [0.15, 0.2) is 0 Å². The highest BCUT2D eigenvalue weighted by atomic mass is 32.1. The summed E-state index contributed by atoms with van der Waals surface area (Å²) >= 11 is 4.20. The Morgan fingerprint density at radius 2 is 2.13 bits per heavy atom. The summed E-state index contributed by atoms with van der Waals surface area (Å²) in [5, 5.41) is 4.38. The SMILES string of the molecule is CC[C@H](C)CCON(C(=O)CCc1ccccc1)[C@@]1(NCC(N)CS)CCOC1=O. The van der Waals surface area contributed by atoms with Crippen molar-refractivity contribution >= 4 is 24.5 Å². The Labute approximate surface area is 185 Å². The van der Waals surface area contributed by atoms with E-state index in [0.29, 0.717) is 37.7 Å². The molecule has 1 aliphatic heterocycles. The van der Waals surface area contributed by atoms with E-state index in [9.17, 15) is 9.59 Å². The van der Waals surface area contributed by atoms with Crippen LogP contribution in [0.15, 0.2) is 30.3 Å². The van der Waals surface area contributed by atoms with Crippen LogP contribution < -0.4 is 11.1 Å². The molecule has 0 spiro atoms. The van der Waals surface area contributed by atoms with Gasteiger partial charge in [0.1, 0.15) is 0 Å². The Hall–Kier alpha value is -1.61. The molecule has 8 heteroatoms. The van der Waals surface area contributed by atoms with E-state index in [4.69, 9.17) is 15.3 Å². The van der Waals surface area contributed by atoms with Crippen LogP contribution in [0, 0.1) is 5.92 Å². The average molecular weight is 438 g/mol. The fraction of sp³-hybridized carbons (Fsp3) is 0.636. The highest BCUT2D eigenvalue weighted by Crippen LogP contribution is 2.27. The molecule has 168 valence electrons. The standard InChI is InChI=1S/C22H35N3O4S/c1-3-17(2)11-13-29-25(20(26)10-9-18-7-5-4-6-8-18)22(12-14-28-21(22)27)24-15-19(23)16-30/h4-8,17,19,24,30H,3,9-16,23H2,1-2H3/t17-,19?,22-/m0/s1. The Balaban J connectivity index is 2.17. The molecule has 1 aromatic carbocycles. The molecule has 7 nitrogen and oxygen atoms in total. The second kappa shape index (κ2) is 12.3. The van der Waals surface area contributed by atoms with Gasteiger partial charge in [0.05, 0.1) is 13.2 Å². The maximum absolute atomic E-state index is 13.2. The van der Waals surface area contributed by atoms with Crippen LogP contribution in [0.3, 0.4) is 0 Å². The summed E-state index contributed by atoms with van der Waals surface area (Å²) in [7, 11) is 0. The number of amides is 1. The van der Waals surface area contributed by atoms with Crippen molar-refractivity contribution in [2.45, 2.75) is 57.7 Å².